The van der Waals surface area contributed by atoms with E-state index in [9.17, 15) is 19.5 Å². The first-order chi connectivity index (χ1) is 9.45. The van der Waals surface area contributed by atoms with Crippen molar-refractivity contribution in [1.82, 2.24) is 15.1 Å². The van der Waals surface area contributed by atoms with Crippen LogP contribution < -0.4 is 5.11 Å². The van der Waals surface area contributed by atoms with Crippen LogP contribution in [0.2, 0.25) is 0 Å². The van der Waals surface area contributed by atoms with E-state index in [0.29, 0.717) is 5.69 Å². The van der Waals surface area contributed by atoms with Gasteiger partial charge in [0.25, 0.3) is 0 Å². The average Bonchev–Trinajstić information content (AvgIpc) is 2.84. The molecule has 20 heavy (non-hydrogen) atoms. The van der Waals surface area contributed by atoms with Crippen molar-refractivity contribution >= 4 is 17.7 Å². The monoisotopic (exact) mass is 278 g/mol. The zero-order valence-electron chi connectivity index (χ0n) is 10.9. The summed E-state index contributed by atoms with van der Waals surface area (Å²) in [6, 6.07) is 0. The predicted molar refractivity (Wildman–Crippen MR) is 64.1 cm³/mol. The van der Waals surface area contributed by atoms with Crippen LogP contribution in [0.5, 0.6) is 0 Å². The number of H-pyrrole nitrogens is 1. The maximum Gasteiger partial charge on any atom is 0.248 e. The van der Waals surface area contributed by atoms with Crippen molar-refractivity contribution in [1.29, 1.82) is 0 Å². The number of nitrogens with zero attached hydrogens (tertiary/aromatic N) is 2. The van der Waals surface area contributed by atoms with Crippen molar-refractivity contribution in [3.8, 4) is 0 Å². The highest BCUT2D eigenvalue weighted by atomic mass is 16.5. The van der Waals surface area contributed by atoms with E-state index in [1.54, 1.807) is 0 Å². The van der Waals surface area contributed by atoms with Crippen LogP contribution in [0.4, 0.5) is 4.79 Å². The molecule has 0 atom stereocenters. The molecule has 1 aliphatic rings. The normalized spacial score (nSPS) is 13.8. The number of hydrogen-bond acceptors (Lipinski definition) is 6. The molecule has 0 unspecified atom stereocenters. The Bertz CT molecular complexity index is 617. The topological polar surface area (TPSA) is 115 Å². The molecule has 0 aromatic carbocycles. The number of amides is 1. The van der Waals surface area contributed by atoms with Crippen molar-refractivity contribution < 1.29 is 24.2 Å². The van der Waals surface area contributed by atoms with Gasteiger partial charge in [-0.2, -0.15) is 5.10 Å². The number of hydrogen-bond donors (Lipinski definition) is 1. The van der Waals surface area contributed by atoms with Crippen molar-refractivity contribution in [3.05, 3.63) is 28.8 Å². The Morgan fingerprint density at radius 1 is 1.50 bits per heavy atom. The third-order valence-electron chi connectivity index (χ3n) is 3.02. The largest absolute Gasteiger partial charge is 0.530 e. The number of aromatic amines is 1. The number of Topliss-reactive ketones (excluding diaryl/α,β-unsaturated/α-hetero) is 1. The quantitative estimate of drug-likeness (QED) is 0.766. The first kappa shape index (κ1) is 13.8. The van der Waals surface area contributed by atoms with Crippen LogP contribution >= 0.6 is 0 Å². The molecule has 1 heterocycles. The second kappa shape index (κ2) is 5.16. The summed E-state index contributed by atoms with van der Waals surface area (Å²) in [5.74, 6) is -0.929. The second-order valence-electron chi connectivity index (χ2n) is 4.27. The zero-order chi connectivity index (χ0) is 14.9. The first-order valence-corrected chi connectivity index (χ1v) is 5.79. The standard InChI is InChI=1S/C12H13N3O5/c1-15(12(18)19)4-3-6-9-7(16)5-8(20-2)11(17)10(9)14-13-6/h5H,3-4H2,1-2H3,(H,13,14)(H,18,19)/p-1. The van der Waals surface area contributed by atoms with Crippen LogP contribution in [0.25, 0.3) is 0 Å². The molecule has 0 radical (unpaired) electrons. The van der Waals surface area contributed by atoms with Gasteiger partial charge in [-0.25, -0.2) is 0 Å². The van der Waals surface area contributed by atoms with Crippen LogP contribution in [0.15, 0.2) is 11.8 Å². The minimum Gasteiger partial charge on any atom is -0.530 e. The number of ether oxygens (including phenoxy) is 1. The van der Waals surface area contributed by atoms with Crippen molar-refractivity contribution in [2.75, 3.05) is 20.7 Å². The van der Waals surface area contributed by atoms with Crippen LogP contribution in [0, 0.1) is 0 Å². The van der Waals surface area contributed by atoms with Gasteiger partial charge in [0.15, 0.2) is 11.5 Å². The van der Waals surface area contributed by atoms with Crippen LogP contribution in [-0.2, 0) is 11.2 Å². The summed E-state index contributed by atoms with van der Waals surface area (Å²) in [6.07, 6.45) is 0.0103. The Labute approximate surface area is 114 Å². The number of allylic oxidation sites excluding steroid dienone is 2. The number of carbonyl (C=O) groups is 3. The molecular weight excluding hydrogens is 266 g/mol. The highest BCUT2D eigenvalue weighted by Gasteiger charge is 2.31. The summed E-state index contributed by atoms with van der Waals surface area (Å²) in [7, 11) is 2.65. The molecule has 1 amide bonds. The molecule has 8 heteroatoms. The van der Waals surface area contributed by atoms with Gasteiger partial charge in [-0.3, -0.25) is 14.7 Å². The summed E-state index contributed by atoms with van der Waals surface area (Å²) in [4.78, 5) is 35.4. The number of rotatable bonds is 4. The fourth-order valence-corrected chi connectivity index (χ4v) is 1.88. The Balaban J connectivity index is 2.24. The lowest BCUT2D eigenvalue weighted by Crippen LogP contribution is -2.39. The van der Waals surface area contributed by atoms with E-state index >= 15 is 0 Å². The van der Waals surface area contributed by atoms with Crippen molar-refractivity contribution in [2.45, 2.75) is 6.42 Å². The number of aromatic nitrogens is 2. The third-order valence-corrected chi connectivity index (χ3v) is 3.02. The SMILES string of the molecule is COC1=CC(=O)c2c(n[nH]c2CCN(C)C(=O)[O-])C1=O. The number of carboxylic acid groups (broad SMARTS) is 1. The Hall–Kier alpha value is -2.64. The minimum atomic E-state index is -1.32. The Morgan fingerprint density at radius 2 is 2.20 bits per heavy atom. The molecule has 106 valence electrons. The van der Waals surface area contributed by atoms with Gasteiger partial charge in [-0.15, -0.1) is 0 Å². The van der Waals surface area contributed by atoms with Crippen LogP contribution in [0.3, 0.4) is 0 Å². The lowest BCUT2D eigenvalue weighted by Gasteiger charge is -2.19. The smallest absolute Gasteiger partial charge is 0.248 e. The molecule has 0 saturated heterocycles. The summed E-state index contributed by atoms with van der Waals surface area (Å²) in [5.41, 5.74) is 0.584. The summed E-state index contributed by atoms with van der Waals surface area (Å²) < 4.78 is 4.81. The number of nitrogens with one attached hydrogen (secondary N) is 1. The van der Waals surface area contributed by atoms with Crippen molar-refractivity contribution in [3.63, 3.8) is 0 Å². The van der Waals surface area contributed by atoms with Gasteiger partial charge >= 0.3 is 0 Å². The number of likely N-dealkylation sites (N-methyl/N-ethyl adjacent to an activating group) is 1. The number of fused-ring (bicyclic) bond motifs is 1. The van der Waals surface area contributed by atoms with Gasteiger partial charge in [0.2, 0.25) is 5.78 Å². The molecule has 0 saturated carbocycles. The van der Waals surface area contributed by atoms with Gasteiger partial charge in [0.1, 0.15) is 11.8 Å². The number of methoxy groups -OCH3 is 1. The van der Waals surface area contributed by atoms with E-state index in [-0.39, 0.29) is 30.0 Å². The first-order valence-electron chi connectivity index (χ1n) is 5.79. The highest BCUT2D eigenvalue weighted by molar-refractivity contribution is 6.23. The molecule has 2 rings (SSSR count). The van der Waals surface area contributed by atoms with E-state index in [1.807, 2.05) is 0 Å². The van der Waals surface area contributed by atoms with E-state index < -0.39 is 17.7 Å². The molecule has 1 aliphatic carbocycles. The maximum absolute atomic E-state index is 11.9. The molecule has 0 spiro atoms. The summed E-state index contributed by atoms with van der Waals surface area (Å²) in [5, 5.41) is 17.0. The lowest BCUT2D eigenvalue weighted by molar-refractivity contribution is -0.263. The van der Waals surface area contributed by atoms with E-state index in [2.05, 4.69) is 10.2 Å². The van der Waals surface area contributed by atoms with E-state index in [1.165, 1.54) is 14.2 Å². The van der Waals surface area contributed by atoms with E-state index in [0.717, 1.165) is 11.0 Å². The number of ketones is 2. The molecule has 1 aromatic rings. The maximum atomic E-state index is 11.9. The Kier molecular flexibility index (Phi) is 3.55. The zero-order valence-corrected chi connectivity index (χ0v) is 10.9. The minimum absolute atomic E-state index is 0.000420. The van der Waals surface area contributed by atoms with Crippen LogP contribution in [0.1, 0.15) is 26.5 Å². The highest BCUT2D eigenvalue weighted by Crippen LogP contribution is 2.22. The predicted octanol–water partition coefficient (Wildman–Crippen LogP) is -0.863. The van der Waals surface area contributed by atoms with Crippen molar-refractivity contribution in [2.24, 2.45) is 0 Å². The molecule has 1 N–H and O–H groups in total. The van der Waals surface area contributed by atoms with Gasteiger partial charge in [0.05, 0.1) is 12.7 Å². The summed E-state index contributed by atoms with van der Waals surface area (Å²) >= 11 is 0. The molecule has 0 fully saturated rings. The van der Waals surface area contributed by atoms with Crippen LogP contribution in [-0.4, -0.2) is 53.5 Å². The molecule has 8 nitrogen and oxygen atoms in total. The van der Waals surface area contributed by atoms with Gasteiger partial charge in [-0.1, -0.05) is 0 Å². The molecule has 0 aliphatic heterocycles. The average molecular weight is 278 g/mol. The molecule has 1 aromatic heterocycles. The molecule has 0 bridgehead atoms. The molecular formula is C12H12N3O5-. The summed E-state index contributed by atoms with van der Waals surface area (Å²) in [6.45, 7) is 0.124. The fourth-order valence-electron chi connectivity index (χ4n) is 1.88. The van der Waals surface area contributed by atoms with E-state index in [4.69, 9.17) is 4.74 Å². The van der Waals surface area contributed by atoms with Gasteiger partial charge in [-0.05, 0) is 0 Å². The Morgan fingerprint density at radius 3 is 2.80 bits per heavy atom. The third kappa shape index (κ3) is 2.27. The van der Waals surface area contributed by atoms with Gasteiger partial charge < -0.3 is 19.5 Å². The number of carbonyl (C=O) groups excluding carboxylic acids is 3. The second-order valence-corrected chi connectivity index (χ2v) is 4.27. The lowest BCUT2D eigenvalue weighted by atomic mass is 9.97. The van der Waals surface area contributed by atoms with Gasteiger partial charge in [0, 0.05) is 31.8 Å². The fraction of sp³-hybridized carbons (Fsp3) is 0.333.